The molecule has 0 spiro atoms. The van der Waals surface area contributed by atoms with Crippen molar-refractivity contribution < 1.29 is 9.47 Å². The zero-order chi connectivity index (χ0) is 10.8. The molecule has 1 rings (SSSR count). The van der Waals surface area contributed by atoms with E-state index in [1.807, 2.05) is 27.7 Å². The SMILES string of the molecule is C#CC(C)(C)NC1COC(C)(C)OC1. The van der Waals surface area contributed by atoms with Crippen molar-refractivity contribution >= 4 is 0 Å². The maximum atomic E-state index is 5.51. The average molecular weight is 197 g/mol. The molecule has 1 aliphatic rings. The van der Waals surface area contributed by atoms with Crippen molar-refractivity contribution in [3.05, 3.63) is 0 Å². The van der Waals surface area contributed by atoms with Crippen LogP contribution in [0.25, 0.3) is 0 Å². The van der Waals surface area contributed by atoms with Gasteiger partial charge < -0.3 is 9.47 Å². The lowest BCUT2D eigenvalue weighted by Gasteiger charge is -2.37. The van der Waals surface area contributed by atoms with Crippen LogP contribution in [0.4, 0.5) is 0 Å². The maximum Gasteiger partial charge on any atom is 0.162 e. The summed E-state index contributed by atoms with van der Waals surface area (Å²) in [7, 11) is 0. The van der Waals surface area contributed by atoms with Crippen molar-refractivity contribution in [3.8, 4) is 12.3 Å². The smallest absolute Gasteiger partial charge is 0.162 e. The Morgan fingerprint density at radius 1 is 1.36 bits per heavy atom. The van der Waals surface area contributed by atoms with E-state index in [0.717, 1.165) is 0 Å². The van der Waals surface area contributed by atoms with E-state index in [0.29, 0.717) is 13.2 Å². The Bertz CT molecular complexity index is 230. The molecule has 0 bridgehead atoms. The van der Waals surface area contributed by atoms with Gasteiger partial charge in [-0.2, -0.15) is 0 Å². The summed E-state index contributed by atoms with van der Waals surface area (Å²) in [6, 6.07) is 0.175. The van der Waals surface area contributed by atoms with Crippen molar-refractivity contribution in [2.24, 2.45) is 0 Å². The summed E-state index contributed by atoms with van der Waals surface area (Å²) >= 11 is 0. The number of nitrogens with one attached hydrogen (secondary N) is 1. The Labute approximate surface area is 86.2 Å². The predicted octanol–water partition coefficient (Wildman–Crippen LogP) is 1.14. The van der Waals surface area contributed by atoms with Crippen LogP contribution in [0.3, 0.4) is 0 Å². The molecule has 1 fully saturated rings. The third kappa shape index (κ3) is 3.30. The third-order valence-electron chi connectivity index (χ3n) is 2.19. The number of rotatable bonds is 2. The van der Waals surface area contributed by atoms with Gasteiger partial charge in [0.2, 0.25) is 0 Å². The molecular formula is C11H19NO2. The maximum absolute atomic E-state index is 5.51. The summed E-state index contributed by atoms with van der Waals surface area (Å²) in [5.41, 5.74) is -0.307. The lowest BCUT2D eigenvalue weighted by atomic mass is 10.1. The second kappa shape index (κ2) is 3.90. The van der Waals surface area contributed by atoms with E-state index in [4.69, 9.17) is 15.9 Å². The highest BCUT2D eigenvalue weighted by molar-refractivity contribution is 5.08. The number of hydrogen-bond acceptors (Lipinski definition) is 3. The highest BCUT2D eigenvalue weighted by atomic mass is 16.7. The quantitative estimate of drug-likeness (QED) is 0.673. The van der Waals surface area contributed by atoms with Gasteiger partial charge in [-0.25, -0.2) is 0 Å². The monoisotopic (exact) mass is 197 g/mol. The minimum absolute atomic E-state index is 0.175. The topological polar surface area (TPSA) is 30.5 Å². The Morgan fingerprint density at radius 3 is 2.29 bits per heavy atom. The number of terminal acetylenes is 1. The van der Waals surface area contributed by atoms with E-state index in [1.54, 1.807) is 0 Å². The molecule has 0 aromatic rings. The van der Waals surface area contributed by atoms with Gasteiger partial charge in [0, 0.05) is 0 Å². The molecule has 1 aliphatic heterocycles. The summed E-state index contributed by atoms with van der Waals surface area (Å²) in [6.45, 7) is 9.03. The van der Waals surface area contributed by atoms with Crippen molar-refractivity contribution in [3.63, 3.8) is 0 Å². The zero-order valence-corrected chi connectivity index (χ0v) is 9.39. The molecule has 1 saturated heterocycles. The molecule has 0 atom stereocenters. The van der Waals surface area contributed by atoms with Gasteiger partial charge in [0.25, 0.3) is 0 Å². The molecule has 14 heavy (non-hydrogen) atoms. The number of ether oxygens (including phenoxy) is 2. The molecule has 0 aromatic heterocycles. The van der Waals surface area contributed by atoms with Crippen LogP contribution in [0.1, 0.15) is 27.7 Å². The molecule has 0 saturated carbocycles. The van der Waals surface area contributed by atoms with Crippen LogP contribution in [-0.4, -0.2) is 30.6 Å². The van der Waals surface area contributed by atoms with Crippen LogP contribution in [0.15, 0.2) is 0 Å². The van der Waals surface area contributed by atoms with Gasteiger partial charge in [-0.3, -0.25) is 5.32 Å². The molecule has 0 aliphatic carbocycles. The van der Waals surface area contributed by atoms with Gasteiger partial charge in [0.15, 0.2) is 5.79 Å². The lowest BCUT2D eigenvalue weighted by molar-refractivity contribution is -0.253. The van der Waals surface area contributed by atoms with Crippen LogP contribution < -0.4 is 5.32 Å². The first-order chi connectivity index (χ1) is 6.35. The largest absolute Gasteiger partial charge is 0.349 e. The predicted molar refractivity (Wildman–Crippen MR) is 55.8 cm³/mol. The fraction of sp³-hybridized carbons (Fsp3) is 0.818. The Balaban J connectivity index is 2.41. The van der Waals surface area contributed by atoms with Gasteiger partial charge in [0.1, 0.15) is 0 Å². The zero-order valence-electron chi connectivity index (χ0n) is 9.39. The first kappa shape index (κ1) is 11.5. The lowest BCUT2D eigenvalue weighted by Crippen LogP contribution is -2.54. The standard InChI is InChI=1S/C11H19NO2/c1-6-10(2,3)12-9-7-13-11(4,5)14-8-9/h1,9,12H,7-8H2,2-5H3. The normalized spacial score (nSPS) is 23.1. The molecular weight excluding hydrogens is 178 g/mol. The molecule has 0 radical (unpaired) electrons. The summed E-state index contributed by atoms with van der Waals surface area (Å²) in [4.78, 5) is 0. The fourth-order valence-electron chi connectivity index (χ4n) is 1.33. The van der Waals surface area contributed by atoms with Gasteiger partial charge in [-0.1, -0.05) is 5.92 Å². The fourth-order valence-corrected chi connectivity index (χ4v) is 1.33. The van der Waals surface area contributed by atoms with Crippen LogP contribution in [-0.2, 0) is 9.47 Å². The molecule has 1 N–H and O–H groups in total. The van der Waals surface area contributed by atoms with E-state index in [9.17, 15) is 0 Å². The first-order valence-electron chi connectivity index (χ1n) is 4.88. The minimum Gasteiger partial charge on any atom is -0.349 e. The molecule has 3 nitrogen and oxygen atoms in total. The van der Waals surface area contributed by atoms with Crippen molar-refractivity contribution in [1.29, 1.82) is 0 Å². The Kier molecular flexibility index (Phi) is 3.20. The van der Waals surface area contributed by atoms with E-state index >= 15 is 0 Å². The van der Waals surface area contributed by atoms with E-state index in [1.165, 1.54) is 0 Å². The minimum atomic E-state index is -0.460. The molecule has 0 amide bonds. The van der Waals surface area contributed by atoms with Crippen LogP contribution >= 0.6 is 0 Å². The molecule has 80 valence electrons. The molecule has 0 unspecified atom stereocenters. The Morgan fingerprint density at radius 2 is 1.86 bits per heavy atom. The van der Waals surface area contributed by atoms with Crippen molar-refractivity contribution in [2.45, 2.75) is 45.1 Å². The van der Waals surface area contributed by atoms with E-state index < -0.39 is 5.79 Å². The summed E-state index contributed by atoms with van der Waals surface area (Å²) < 4.78 is 11.0. The first-order valence-corrected chi connectivity index (χ1v) is 4.88. The third-order valence-corrected chi connectivity index (χ3v) is 2.19. The summed E-state index contributed by atoms with van der Waals surface area (Å²) in [5.74, 6) is 2.23. The van der Waals surface area contributed by atoms with Crippen LogP contribution in [0, 0.1) is 12.3 Å². The molecule has 0 aromatic carbocycles. The van der Waals surface area contributed by atoms with Crippen LogP contribution in [0.5, 0.6) is 0 Å². The molecule has 1 heterocycles. The second-order valence-corrected chi connectivity index (χ2v) is 4.63. The Hall–Kier alpha value is -0.560. The highest BCUT2D eigenvalue weighted by Crippen LogP contribution is 2.18. The van der Waals surface area contributed by atoms with Crippen LogP contribution in [0.2, 0.25) is 0 Å². The van der Waals surface area contributed by atoms with Gasteiger partial charge >= 0.3 is 0 Å². The number of hydrogen-bond donors (Lipinski definition) is 1. The van der Waals surface area contributed by atoms with Gasteiger partial charge in [0.05, 0.1) is 24.8 Å². The highest BCUT2D eigenvalue weighted by Gasteiger charge is 2.30. The van der Waals surface area contributed by atoms with Gasteiger partial charge in [-0.15, -0.1) is 6.42 Å². The van der Waals surface area contributed by atoms with E-state index in [-0.39, 0.29) is 11.6 Å². The molecule has 3 heteroatoms. The second-order valence-electron chi connectivity index (χ2n) is 4.63. The van der Waals surface area contributed by atoms with Crippen molar-refractivity contribution in [1.82, 2.24) is 5.32 Å². The summed E-state index contributed by atoms with van der Waals surface area (Å²) in [6.07, 6.45) is 5.38. The van der Waals surface area contributed by atoms with E-state index in [2.05, 4.69) is 11.2 Å². The van der Waals surface area contributed by atoms with Crippen molar-refractivity contribution in [2.75, 3.05) is 13.2 Å². The van der Waals surface area contributed by atoms with Gasteiger partial charge in [-0.05, 0) is 27.7 Å². The summed E-state index contributed by atoms with van der Waals surface area (Å²) in [5, 5.41) is 3.30. The average Bonchev–Trinajstić information content (AvgIpc) is 2.09.